The number of aromatic nitrogens is 5. The van der Waals surface area contributed by atoms with Crippen LogP contribution in [0.5, 0.6) is 0 Å². The summed E-state index contributed by atoms with van der Waals surface area (Å²) in [5.41, 5.74) is 6.72. The number of H-pyrrole nitrogens is 1. The van der Waals surface area contributed by atoms with Crippen LogP contribution in [0.15, 0.2) is 42.6 Å². The fraction of sp³-hybridized carbons (Fsp3) is 0.304. The van der Waals surface area contributed by atoms with E-state index in [1.54, 1.807) is 10.9 Å². The SMILES string of the molecule is Cn1ncc(Cl)c1CC1c2cc(C3CNC3)ccc2C(=O)N1Cc1ccc2[nH]nnc2c1. The maximum atomic E-state index is 13.5. The van der Waals surface area contributed by atoms with Gasteiger partial charge < -0.3 is 10.2 Å². The molecule has 0 bridgehead atoms. The van der Waals surface area contributed by atoms with Crippen LogP contribution in [0.2, 0.25) is 5.02 Å². The maximum Gasteiger partial charge on any atom is 0.255 e. The van der Waals surface area contributed by atoms with Gasteiger partial charge in [0.05, 0.1) is 28.5 Å². The number of nitrogens with one attached hydrogen (secondary N) is 2. The van der Waals surface area contributed by atoms with Gasteiger partial charge in [0.1, 0.15) is 5.52 Å². The molecule has 0 aliphatic carbocycles. The lowest BCUT2D eigenvalue weighted by molar-refractivity contribution is 0.0708. The molecule has 6 rings (SSSR count). The molecule has 0 saturated carbocycles. The number of amides is 1. The third kappa shape index (κ3) is 3.10. The molecule has 1 amide bonds. The van der Waals surface area contributed by atoms with Crippen LogP contribution >= 0.6 is 11.6 Å². The van der Waals surface area contributed by atoms with Crippen LogP contribution in [-0.2, 0) is 20.0 Å². The highest BCUT2D eigenvalue weighted by Gasteiger charge is 2.38. The minimum atomic E-state index is -0.119. The van der Waals surface area contributed by atoms with Gasteiger partial charge in [0.25, 0.3) is 5.91 Å². The van der Waals surface area contributed by atoms with E-state index in [0.717, 1.165) is 46.5 Å². The van der Waals surface area contributed by atoms with E-state index in [-0.39, 0.29) is 11.9 Å². The van der Waals surface area contributed by atoms with E-state index in [1.165, 1.54) is 5.56 Å². The molecular weight excluding hydrogens is 426 g/mol. The second-order valence-corrected chi connectivity index (χ2v) is 8.99. The zero-order valence-corrected chi connectivity index (χ0v) is 18.3. The molecule has 2 N–H and O–H groups in total. The second-order valence-electron chi connectivity index (χ2n) is 8.58. The first kappa shape index (κ1) is 19.5. The molecule has 2 aliphatic rings. The van der Waals surface area contributed by atoms with Crippen molar-refractivity contribution >= 4 is 28.5 Å². The summed E-state index contributed by atoms with van der Waals surface area (Å²) in [5.74, 6) is 0.543. The predicted octanol–water partition coefficient (Wildman–Crippen LogP) is 2.97. The van der Waals surface area contributed by atoms with Gasteiger partial charge in [0.2, 0.25) is 0 Å². The number of carbonyl (C=O) groups is 1. The van der Waals surface area contributed by atoms with Gasteiger partial charge in [-0.05, 0) is 34.9 Å². The summed E-state index contributed by atoms with van der Waals surface area (Å²) in [6.45, 7) is 2.44. The third-order valence-electron chi connectivity index (χ3n) is 6.70. The first-order chi connectivity index (χ1) is 15.6. The minimum absolute atomic E-state index is 0.0434. The molecule has 8 nitrogen and oxygen atoms in total. The highest BCUT2D eigenvalue weighted by molar-refractivity contribution is 6.31. The lowest BCUT2D eigenvalue weighted by Crippen LogP contribution is -2.39. The van der Waals surface area contributed by atoms with Crippen LogP contribution in [0.1, 0.15) is 44.7 Å². The van der Waals surface area contributed by atoms with E-state index in [4.69, 9.17) is 11.6 Å². The Morgan fingerprint density at radius 3 is 2.81 bits per heavy atom. The van der Waals surface area contributed by atoms with Crippen molar-refractivity contribution < 1.29 is 4.79 Å². The number of carbonyl (C=O) groups excluding carboxylic acids is 1. The van der Waals surface area contributed by atoms with Gasteiger partial charge in [0.15, 0.2) is 0 Å². The van der Waals surface area contributed by atoms with Crippen molar-refractivity contribution in [3.63, 3.8) is 0 Å². The summed E-state index contributed by atoms with van der Waals surface area (Å²) < 4.78 is 1.80. The highest BCUT2D eigenvalue weighted by atomic mass is 35.5. The predicted molar refractivity (Wildman–Crippen MR) is 120 cm³/mol. The Balaban J connectivity index is 1.40. The zero-order valence-electron chi connectivity index (χ0n) is 17.5. The summed E-state index contributed by atoms with van der Waals surface area (Å²) >= 11 is 6.45. The topological polar surface area (TPSA) is 91.7 Å². The molecule has 9 heteroatoms. The Kier molecular flexibility index (Phi) is 4.51. The summed E-state index contributed by atoms with van der Waals surface area (Å²) in [5, 5.41) is 19.1. The fourth-order valence-corrected chi connectivity index (χ4v) is 4.97. The maximum absolute atomic E-state index is 13.5. The fourth-order valence-electron chi connectivity index (χ4n) is 4.73. The molecule has 1 saturated heterocycles. The van der Waals surface area contributed by atoms with Gasteiger partial charge in [-0.3, -0.25) is 14.6 Å². The second kappa shape index (κ2) is 7.43. The summed E-state index contributed by atoms with van der Waals surface area (Å²) in [6, 6.07) is 12.1. The van der Waals surface area contributed by atoms with Crippen molar-refractivity contribution in [2.75, 3.05) is 13.1 Å². The zero-order chi connectivity index (χ0) is 21.8. The van der Waals surface area contributed by atoms with E-state index in [9.17, 15) is 4.79 Å². The molecule has 2 aliphatic heterocycles. The lowest BCUT2D eigenvalue weighted by atomic mass is 9.89. The standard InChI is InChI=1S/C23H22ClN7O/c1-30-22(18(24)11-26-30)8-21-17-7-14(15-9-25-10-15)3-4-16(17)23(32)31(21)12-13-2-5-19-20(6-13)28-29-27-19/h2-7,11,15,21,25H,8-10,12H2,1H3,(H,27,28,29). The Morgan fingerprint density at radius 1 is 1.19 bits per heavy atom. The van der Waals surface area contributed by atoms with E-state index < -0.39 is 0 Å². The van der Waals surface area contributed by atoms with Crippen molar-refractivity contribution in [1.82, 2.24) is 35.4 Å². The van der Waals surface area contributed by atoms with Crippen LogP contribution in [0, 0.1) is 0 Å². The van der Waals surface area contributed by atoms with Crippen molar-refractivity contribution in [3.8, 4) is 0 Å². The number of hydrogen-bond donors (Lipinski definition) is 2. The first-order valence-electron chi connectivity index (χ1n) is 10.7. The van der Waals surface area contributed by atoms with Gasteiger partial charge in [-0.2, -0.15) is 5.10 Å². The van der Waals surface area contributed by atoms with Crippen LogP contribution in [0.25, 0.3) is 11.0 Å². The molecule has 2 aromatic heterocycles. The molecule has 162 valence electrons. The van der Waals surface area contributed by atoms with E-state index >= 15 is 0 Å². The van der Waals surface area contributed by atoms with E-state index in [1.807, 2.05) is 36.2 Å². The van der Waals surface area contributed by atoms with Crippen molar-refractivity contribution in [2.45, 2.75) is 24.9 Å². The summed E-state index contributed by atoms with van der Waals surface area (Å²) in [7, 11) is 1.89. The van der Waals surface area contributed by atoms with Gasteiger partial charge in [-0.1, -0.05) is 35.0 Å². The molecule has 4 aromatic rings. The Hall–Kier alpha value is -3.23. The molecule has 1 unspecified atom stereocenters. The number of aryl methyl sites for hydroxylation is 1. The van der Waals surface area contributed by atoms with Crippen molar-refractivity contribution in [2.24, 2.45) is 7.05 Å². The molecular formula is C23H22ClN7O. The molecule has 32 heavy (non-hydrogen) atoms. The van der Waals surface area contributed by atoms with E-state index in [0.29, 0.717) is 23.9 Å². The van der Waals surface area contributed by atoms with Gasteiger partial charge in [0, 0.05) is 44.6 Å². The first-order valence-corrected chi connectivity index (χ1v) is 11.1. The van der Waals surface area contributed by atoms with Crippen molar-refractivity contribution in [3.05, 3.63) is 75.6 Å². The number of aromatic amines is 1. The number of benzene rings is 2. The third-order valence-corrected chi connectivity index (χ3v) is 7.01. The summed E-state index contributed by atoms with van der Waals surface area (Å²) in [6.07, 6.45) is 2.26. The number of hydrogen-bond acceptors (Lipinski definition) is 5. The van der Waals surface area contributed by atoms with Crippen LogP contribution in [-0.4, -0.2) is 49.1 Å². The van der Waals surface area contributed by atoms with Crippen LogP contribution in [0.4, 0.5) is 0 Å². The molecule has 4 heterocycles. The molecule has 0 radical (unpaired) electrons. The monoisotopic (exact) mass is 447 g/mol. The summed E-state index contributed by atoms with van der Waals surface area (Å²) in [4.78, 5) is 15.5. The van der Waals surface area contributed by atoms with Gasteiger partial charge in [-0.25, -0.2) is 0 Å². The number of halogens is 1. The largest absolute Gasteiger partial charge is 0.327 e. The highest BCUT2D eigenvalue weighted by Crippen LogP contribution is 2.40. The number of rotatable bonds is 5. The van der Waals surface area contributed by atoms with E-state index in [2.05, 4.69) is 38.0 Å². The molecule has 1 fully saturated rings. The average molecular weight is 448 g/mol. The van der Waals surface area contributed by atoms with Gasteiger partial charge in [-0.15, -0.1) is 5.10 Å². The Labute approximate surface area is 189 Å². The smallest absolute Gasteiger partial charge is 0.255 e. The van der Waals surface area contributed by atoms with Crippen LogP contribution < -0.4 is 5.32 Å². The number of fused-ring (bicyclic) bond motifs is 2. The lowest BCUT2D eigenvalue weighted by Gasteiger charge is -2.29. The quantitative estimate of drug-likeness (QED) is 0.490. The number of nitrogens with zero attached hydrogens (tertiary/aromatic N) is 5. The van der Waals surface area contributed by atoms with Crippen LogP contribution in [0.3, 0.4) is 0 Å². The average Bonchev–Trinajstić information content (AvgIpc) is 3.41. The van der Waals surface area contributed by atoms with Gasteiger partial charge >= 0.3 is 0 Å². The minimum Gasteiger partial charge on any atom is -0.327 e. The Morgan fingerprint density at radius 2 is 2.06 bits per heavy atom. The molecule has 2 aromatic carbocycles. The molecule has 0 spiro atoms. The van der Waals surface area contributed by atoms with Crippen molar-refractivity contribution in [1.29, 1.82) is 0 Å². The Bertz CT molecular complexity index is 1320. The normalized spacial score (nSPS) is 18.4. The molecule has 1 atom stereocenters.